The van der Waals surface area contributed by atoms with Gasteiger partial charge in [-0.3, -0.25) is 4.79 Å². The van der Waals surface area contributed by atoms with Gasteiger partial charge in [-0.25, -0.2) is 0 Å². The molecular formula is C17H23ClN2O. The van der Waals surface area contributed by atoms with Crippen molar-refractivity contribution in [3.05, 3.63) is 34.9 Å². The van der Waals surface area contributed by atoms with E-state index in [1.165, 1.54) is 12.0 Å². The van der Waals surface area contributed by atoms with Crippen LogP contribution in [0.2, 0.25) is 5.02 Å². The quantitative estimate of drug-likeness (QED) is 0.897. The summed E-state index contributed by atoms with van der Waals surface area (Å²) in [4.78, 5) is 12.5. The molecule has 2 N–H and O–H groups in total. The van der Waals surface area contributed by atoms with Crippen LogP contribution in [0.4, 0.5) is 0 Å². The van der Waals surface area contributed by atoms with Gasteiger partial charge in [0.05, 0.1) is 6.04 Å². The van der Waals surface area contributed by atoms with Crippen molar-refractivity contribution < 1.29 is 4.79 Å². The minimum atomic E-state index is 0.139. The van der Waals surface area contributed by atoms with Gasteiger partial charge in [-0.2, -0.15) is 0 Å². The molecule has 1 aromatic carbocycles. The number of piperidine rings is 1. The Labute approximate surface area is 131 Å². The number of halogens is 1. The van der Waals surface area contributed by atoms with E-state index in [-0.39, 0.29) is 17.9 Å². The second kappa shape index (κ2) is 6.37. The number of nitrogens with one attached hydrogen (secondary N) is 2. The summed E-state index contributed by atoms with van der Waals surface area (Å²) in [6.07, 6.45) is 3.08. The van der Waals surface area contributed by atoms with Crippen molar-refractivity contribution in [1.29, 1.82) is 0 Å². The van der Waals surface area contributed by atoms with Gasteiger partial charge in [-0.1, -0.05) is 30.7 Å². The van der Waals surface area contributed by atoms with Gasteiger partial charge < -0.3 is 10.6 Å². The van der Waals surface area contributed by atoms with Crippen molar-refractivity contribution in [1.82, 2.24) is 10.6 Å². The Morgan fingerprint density at radius 3 is 2.48 bits per heavy atom. The third kappa shape index (κ3) is 3.58. The predicted octanol–water partition coefficient (Wildman–Crippen LogP) is 3.15. The summed E-state index contributed by atoms with van der Waals surface area (Å²) < 4.78 is 0. The number of carbonyl (C=O) groups is 1. The second-order valence-electron chi connectivity index (χ2n) is 6.44. The van der Waals surface area contributed by atoms with Crippen molar-refractivity contribution in [3.8, 4) is 0 Å². The molecule has 1 aromatic rings. The van der Waals surface area contributed by atoms with E-state index in [1.54, 1.807) is 0 Å². The third-order valence-electron chi connectivity index (χ3n) is 4.84. The Morgan fingerprint density at radius 1 is 1.29 bits per heavy atom. The van der Waals surface area contributed by atoms with E-state index in [4.69, 9.17) is 11.6 Å². The molecule has 1 amide bonds. The van der Waals surface area contributed by atoms with Crippen molar-refractivity contribution in [2.24, 2.45) is 17.8 Å². The van der Waals surface area contributed by atoms with Crippen molar-refractivity contribution in [2.75, 3.05) is 13.1 Å². The molecule has 3 atom stereocenters. The standard InChI is InChI=1S/C17H23ClN2O/c1-11-10-15(11)16(12-2-4-14(18)5-3-12)20-17(21)13-6-8-19-9-7-13/h2-5,11,13,15-16,19H,6-10H2,1H3,(H,20,21)/t11-,15+,16+/m1/s1. The van der Waals surface area contributed by atoms with Gasteiger partial charge in [0.15, 0.2) is 0 Å². The number of hydrogen-bond donors (Lipinski definition) is 2. The first-order valence-electron chi connectivity index (χ1n) is 7.91. The maximum absolute atomic E-state index is 12.5. The maximum Gasteiger partial charge on any atom is 0.223 e. The molecule has 2 fully saturated rings. The molecule has 0 unspecified atom stereocenters. The highest BCUT2D eigenvalue weighted by Crippen LogP contribution is 2.47. The normalized spacial score (nSPS) is 27.1. The highest BCUT2D eigenvalue weighted by atomic mass is 35.5. The molecule has 1 aliphatic heterocycles. The molecule has 2 aliphatic rings. The van der Waals surface area contributed by atoms with Gasteiger partial charge in [0.25, 0.3) is 0 Å². The summed E-state index contributed by atoms with van der Waals surface area (Å²) in [7, 11) is 0. The first kappa shape index (κ1) is 14.9. The van der Waals surface area contributed by atoms with Gasteiger partial charge >= 0.3 is 0 Å². The van der Waals surface area contributed by atoms with Gasteiger partial charge in [-0.15, -0.1) is 0 Å². The van der Waals surface area contributed by atoms with E-state index in [9.17, 15) is 4.79 Å². The first-order valence-corrected chi connectivity index (χ1v) is 8.29. The van der Waals surface area contributed by atoms with E-state index < -0.39 is 0 Å². The van der Waals surface area contributed by atoms with Crippen molar-refractivity contribution in [3.63, 3.8) is 0 Å². The molecule has 3 nitrogen and oxygen atoms in total. The van der Waals surface area contributed by atoms with Crippen LogP contribution < -0.4 is 10.6 Å². The van der Waals surface area contributed by atoms with Crippen LogP contribution in [-0.2, 0) is 4.79 Å². The first-order chi connectivity index (χ1) is 10.1. The smallest absolute Gasteiger partial charge is 0.223 e. The SMILES string of the molecule is C[C@@H]1C[C@@H]1[C@@H](NC(=O)C1CCNCC1)c1ccc(Cl)cc1. The monoisotopic (exact) mass is 306 g/mol. The highest BCUT2D eigenvalue weighted by molar-refractivity contribution is 6.30. The highest BCUT2D eigenvalue weighted by Gasteiger charge is 2.41. The number of benzene rings is 1. The third-order valence-corrected chi connectivity index (χ3v) is 5.09. The lowest BCUT2D eigenvalue weighted by molar-refractivity contribution is -0.126. The van der Waals surface area contributed by atoms with E-state index in [2.05, 4.69) is 17.6 Å². The summed E-state index contributed by atoms with van der Waals surface area (Å²) in [5.74, 6) is 1.64. The zero-order valence-electron chi connectivity index (χ0n) is 12.4. The average molecular weight is 307 g/mol. The molecule has 0 spiro atoms. The van der Waals surface area contributed by atoms with Gasteiger partial charge in [0.1, 0.15) is 0 Å². The van der Waals surface area contributed by atoms with E-state index >= 15 is 0 Å². The molecule has 21 heavy (non-hydrogen) atoms. The van der Waals surface area contributed by atoms with Crippen molar-refractivity contribution >= 4 is 17.5 Å². The summed E-state index contributed by atoms with van der Waals surface area (Å²) in [6.45, 7) is 4.15. The molecule has 3 rings (SSSR count). The number of amides is 1. The Bertz CT molecular complexity index is 496. The predicted molar refractivity (Wildman–Crippen MR) is 85.2 cm³/mol. The Kier molecular flexibility index (Phi) is 4.51. The lowest BCUT2D eigenvalue weighted by atomic mass is 9.95. The zero-order chi connectivity index (χ0) is 14.8. The maximum atomic E-state index is 12.5. The van der Waals surface area contributed by atoms with Gasteiger partial charge in [0.2, 0.25) is 5.91 Å². The molecule has 0 bridgehead atoms. The minimum absolute atomic E-state index is 0.139. The summed E-state index contributed by atoms with van der Waals surface area (Å²) in [5.41, 5.74) is 1.18. The summed E-state index contributed by atoms with van der Waals surface area (Å²) in [6, 6.07) is 8.04. The van der Waals surface area contributed by atoms with Gasteiger partial charge in [0, 0.05) is 10.9 Å². The van der Waals surface area contributed by atoms with E-state index in [0.717, 1.165) is 31.0 Å². The fourth-order valence-electron chi connectivity index (χ4n) is 3.28. The number of carbonyl (C=O) groups excluding carboxylic acids is 1. The van der Waals surface area contributed by atoms with Crippen LogP contribution in [0.3, 0.4) is 0 Å². The van der Waals surface area contributed by atoms with Crippen LogP contribution in [0.25, 0.3) is 0 Å². The molecule has 1 aliphatic carbocycles. The van der Waals surface area contributed by atoms with Crippen LogP contribution in [0.5, 0.6) is 0 Å². The Hall–Kier alpha value is -1.06. The number of hydrogen-bond acceptors (Lipinski definition) is 2. The average Bonchev–Trinajstić information content (AvgIpc) is 3.23. The van der Waals surface area contributed by atoms with Crippen LogP contribution in [0, 0.1) is 17.8 Å². The minimum Gasteiger partial charge on any atom is -0.349 e. The molecule has 1 saturated carbocycles. The van der Waals surface area contributed by atoms with Crippen LogP contribution in [-0.4, -0.2) is 19.0 Å². The Balaban J connectivity index is 1.70. The number of rotatable bonds is 4. The second-order valence-corrected chi connectivity index (χ2v) is 6.88. The topological polar surface area (TPSA) is 41.1 Å². The summed E-state index contributed by atoms with van der Waals surface area (Å²) in [5, 5.41) is 7.36. The molecule has 1 heterocycles. The lowest BCUT2D eigenvalue weighted by Gasteiger charge is -2.26. The molecule has 1 saturated heterocycles. The fraction of sp³-hybridized carbons (Fsp3) is 0.588. The Morgan fingerprint density at radius 2 is 1.90 bits per heavy atom. The van der Waals surface area contributed by atoms with Crippen LogP contribution in [0.15, 0.2) is 24.3 Å². The van der Waals surface area contributed by atoms with Gasteiger partial charge in [-0.05, 0) is 61.9 Å². The van der Waals surface area contributed by atoms with E-state index in [1.807, 2.05) is 24.3 Å². The van der Waals surface area contributed by atoms with Crippen LogP contribution >= 0.6 is 11.6 Å². The van der Waals surface area contributed by atoms with E-state index in [0.29, 0.717) is 11.8 Å². The summed E-state index contributed by atoms with van der Waals surface area (Å²) >= 11 is 5.97. The molecule has 0 aromatic heterocycles. The van der Waals surface area contributed by atoms with Crippen LogP contribution in [0.1, 0.15) is 37.8 Å². The molecule has 0 radical (unpaired) electrons. The molecular weight excluding hydrogens is 284 g/mol. The molecule has 4 heteroatoms. The molecule has 114 valence electrons. The zero-order valence-corrected chi connectivity index (χ0v) is 13.2. The van der Waals surface area contributed by atoms with Crippen molar-refractivity contribution in [2.45, 2.75) is 32.2 Å². The fourth-order valence-corrected chi connectivity index (χ4v) is 3.40. The largest absolute Gasteiger partial charge is 0.349 e. The lowest BCUT2D eigenvalue weighted by Crippen LogP contribution is -2.40.